The number of nitrogens with zero attached hydrogens (tertiary/aromatic N) is 1. The zero-order chi connectivity index (χ0) is 14.8. The highest BCUT2D eigenvalue weighted by Crippen LogP contribution is 2.39. The zero-order valence-corrected chi connectivity index (χ0v) is 11.8. The van der Waals surface area contributed by atoms with Gasteiger partial charge in [-0.2, -0.15) is 8.78 Å². The van der Waals surface area contributed by atoms with Crippen molar-refractivity contribution >= 4 is 0 Å². The Hall–Kier alpha value is -1.60. The summed E-state index contributed by atoms with van der Waals surface area (Å²) in [5.41, 5.74) is 0.689. The smallest absolute Gasteiger partial charge is 0.387 e. The second kappa shape index (κ2) is 6.03. The van der Waals surface area contributed by atoms with E-state index in [0.717, 1.165) is 19.6 Å². The molecule has 5 nitrogen and oxygen atoms in total. The van der Waals surface area contributed by atoms with Gasteiger partial charge in [-0.3, -0.25) is 4.90 Å². The molecule has 3 rings (SSSR count). The van der Waals surface area contributed by atoms with E-state index in [0.29, 0.717) is 29.6 Å². The summed E-state index contributed by atoms with van der Waals surface area (Å²) in [5, 5.41) is 3.35. The van der Waals surface area contributed by atoms with Crippen molar-refractivity contribution in [3.8, 4) is 17.2 Å². The average Bonchev–Trinajstić information content (AvgIpc) is 2.85. The normalized spacial score (nSPS) is 21.8. The Morgan fingerprint density at radius 1 is 1.38 bits per heavy atom. The third-order valence-corrected chi connectivity index (χ3v) is 3.62. The third kappa shape index (κ3) is 3.36. The summed E-state index contributed by atoms with van der Waals surface area (Å²) in [6, 6.07) is 3.59. The van der Waals surface area contributed by atoms with E-state index in [1.807, 2.05) is 0 Å². The van der Waals surface area contributed by atoms with Gasteiger partial charge in [-0.05, 0) is 13.0 Å². The molecule has 0 aliphatic carbocycles. The number of hydrogen-bond acceptors (Lipinski definition) is 5. The van der Waals surface area contributed by atoms with Crippen LogP contribution in [-0.2, 0) is 6.54 Å². The molecule has 1 atom stereocenters. The molecule has 1 aromatic carbocycles. The van der Waals surface area contributed by atoms with Gasteiger partial charge in [0.05, 0.1) is 0 Å². The van der Waals surface area contributed by atoms with Gasteiger partial charge < -0.3 is 19.5 Å². The first-order valence-corrected chi connectivity index (χ1v) is 6.95. The van der Waals surface area contributed by atoms with E-state index < -0.39 is 6.61 Å². The Kier molecular flexibility index (Phi) is 4.12. The van der Waals surface area contributed by atoms with Crippen molar-refractivity contribution < 1.29 is 23.0 Å². The summed E-state index contributed by atoms with van der Waals surface area (Å²) in [5.74, 6) is 1.18. The molecule has 1 saturated heterocycles. The van der Waals surface area contributed by atoms with Gasteiger partial charge >= 0.3 is 6.61 Å². The standard InChI is InChI=1S/C14H18F2N2O3/c1-9-6-18(3-2-17-9)7-10-4-12-13(20-8-19-12)5-11(10)21-14(15)16/h4-5,9,14,17H,2-3,6-8H2,1H3/t9-/m1/s1. The Bertz CT molecular complexity index is 513. The molecular formula is C14H18F2N2O3. The largest absolute Gasteiger partial charge is 0.454 e. The number of benzene rings is 1. The lowest BCUT2D eigenvalue weighted by Crippen LogP contribution is -2.48. The van der Waals surface area contributed by atoms with Crippen LogP contribution in [0.15, 0.2) is 12.1 Å². The second-order valence-electron chi connectivity index (χ2n) is 5.28. The van der Waals surface area contributed by atoms with E-state index in [1.54, 1.807) is 6.07 Å². The van der Waals surface area contributed by atoms with E-state index in [-0.39, 0.29) is 12.5 Å². The number of fused-ring (bicyclic) bond motifs is 1. The maximum Gasteiger partial charge on any atom is 0.387 e. The maximum atomic E-state index is 12.6. The summed E-state index contributed by atoms with van der Waals surface area (Å²) < 4.78 is 40.3. The fraction of sp³-hybridized carbons (Fsp3) is 0.571. The molecular weight excluding hydrogens is 282 g/mol. The lowest BCUT2D eigenvalue weighted by atomic mass is 10.1. The Balaban J connectivity index is 1.81. The molecule has 0 bridgehead atoms. The van der Waals surface area contributed by atoms with E-state index in [2.05, 4.69) is 21.9 Å². The van der Waals surface area contributed by atoms with Crippen molar-refractivity contribution in [2.24, 2.45) is 0 Å². The monoisotopic (exact) mass is 300 g/mol. The minimum atomic E-state index is -2.86. The molecule has 2 heterocycles. The molecule has 0 saturated carbocycles. The number of piperazine rings is 1. The molecule has 21 heavy (non-hydrogen) atoms. The van der Waals surface area contributed by atoms with Crippen molar-refractivity contribution in [1.29, 1.82) is 0 Å². The molecule has 116 valence electrons. The number of hydrogen-bond donors (Lipinski definition) is 1. The highest BCUT2D eigenvalue weighted by molar-refractivity contribution is 5.51. The molecule has 1 aromatic rings. The van der Waals surface area contributed by atoms with Gasteiger partial charge in [-0.25, -0.2) is 0 Å². The predicted molar refractivity (Wildman–Crippen MR) is 71.9 cm³/mol. The lowest BCUT2D eigenvalue weighted by molar-refractivity contribution is -0.0509. The van der Waals surface area contributed by atoms with Crippen LogP contribution < -0.4 is 19.5 Å². The van der Waals surface area contributed by atoms with Crippen molar-refractivity contribution in [2.45, 2.75) is 26.1 Å². The van der Waals surface area contributed by atoms with Crippen LogP contribution in [0.25, 0.3) is 0 Å². The summed E-state index contributed by atoms with van der Waals surface area (Å²) in [6.07, 6.45) is 0. The first kappa shape index (κ1) is 14.3. The van der Waals surface area contributed by atoms with Gasteiger partial charge in [-0.15, -0.1) is 0 Å². The highest BCUT2D eigenvalue weighted by Gasteiger charge is 2.23. The molecule has 1 fully saturated rings. The van der Waals surface area contributed by atoms with E-state index in [1.165, 1.54) is 6.07 Å². The van der Waals surface area contributed by atoms with E-state index >= 15 is 0 Å². The van der Waals surface area contributed by atoms with Crippen LogP contribution in [0.4, 0.5) is 8.78 Å². The quantitative estimate of drug-likeness (QED) is 0.918. The molecule has 2 aliphatic heterocycles. The Morgan fingerprint density at radius 2 is 2.14 bits per heavy atom. The molecule has 0 unspecified atom stereocenters. The average molecular weight is 300 g/mol. The lowest BCUT2D eigenvalue weighted by Gasteiger charge is -2.32. The van der Waals surface area contributed by atoms with Gasteiger partial charge in [-0.1, -0.05) is 0 Å². The Labute approximate surface area is 121 Å². The summed E-state index contributed by atoms with van der Waals surface area (Å²) in [7, 11) is 0. The van der Waals surface area contributed by atoms with E-state index in [9.17, 15) is 8.78 Å². The molecule has 1 N–H and O–H groups in total. The van der Waals surface area contributed by atoms with Crippen molar-refractivity contribution in [2.75, 3.05) is 26.4 Å². The van der Waals surface area contributed by atoms with Crippen LogP contribution in [0.2, 0.25) is 0 Å². The first-order chi connectivity index (χ1) is 10.1. The minimum Gasteiger partial charge on any atom is -0.454 e. The number of nitrogens with one attached hydrogen (secondary N) is 1. The summed E-state index contributed by atoms with van der Waals surface area (Å²) in [4.78, 5) is 2.21. The highest BCUT2D eigenvalue weighted by atomic mass is 19.3. The molecule has 0 spiro atoms. The van der Waals surface area contributed by atoms with Crippen LogP contribution in [0.1, 0.15) is 12.5 Å². The number of rotatable bonds is 4. The molecule has 0 amide bonds. The summed E-state index contributed by atoms with van der Waals surface area (Å²) in [6.45, 7) is 2.52. The second-order valence-corrected chi connectivity index (χ2v) is 5.28. The molecule has 0 aromatic heterocycles. The van der Waals surface area contributed by atoms with Crippen molar-refractivity contribution in [3.63, 3.8) is 0 Å². The van der Waals surface area contributed by atoms with Crippen molar-refractivity contribution in [3.05, 3.63) is 17.7 Å². The first-order valence-electron chi connectivity index (χ1n) is 6.95. The number of ether oxygens (including phenoxy) is 3. The van der Waals surface area contributed by atoms with Crippen LogP contribution >= 0.6 is 0 Å². The van der Waals surface area contributed by atoms with Crippen LogP contribution in [-0.4, -0.2) is 44.0 Å². The Morgan fingerprint density at radius 3 is 2.86 bits per heavy atom. The molecule has 2 aliphatic rings. The number of halogens is 2. The predicted octanol–water partition coefficient (Wildman–Crippen LogP) is 1.81. The van der Waals surface area contributed by atoms with E-state index in [4.69, 9.17) is 9.47 Å². The van der Waals surface area contributed by atoms with Gasteiger partial charge in [0.25, 0.3) is 0 Å². The maximum absolute atomic E-state index is 12.6. The minimum absolute atomic E-state index is 0.109. The fourth-order valence-corrected chi connectivity index (χ4v) is 2.69. The summed E-state index contributed by atoms with van der Waals surface area (Å²) >= 11 is 0. The number of alkyl halides is 2. The van der Waals surface area contributed by atoms with Gasteiger partial charge in [0.2, 0.25) is 6.79 Å². The molecule has 0 radical (unpaired) electrons. The third-order valence-electron chi connectivity index (χ3n) is 3.62. The van der Waals surface area contributed by atoms with Crippen LogP contribution in [0.5, 0.6) is 17.2 Å². The van der Waals surface area contributed by atoms with Gasteiger partial charge in [0, 0.05) is 43.9 Å². The topological polar surface area (TPSA) is 43.0 Å². The van der Waals surface area contributed by atoms with Gasteiger partial charge in [0.15, 0.2) is 11.5 Å². The molecule has 7 heteroatoms. The van der Waals surface area contributed by atoms with Crippen LogP contribution in [0.3, 0.4) is 0 Å². The zero-order valence-electron chi connectivity index (χ0n) is 11.8. The van der Waals surface area contributed by atoms with Gasteiger partial charge in [0.1, 0.15) is 5.75 Å². The fourth-order valence-electron chi connectivity index (χ4n) is 2.69. The van der Waals surface area contributed by atoms with Crippen LogP contribution in [0, 0.1) is 0 Å². The van der Waals surface area contributed by atoms with Crippen molar-refractivity contribution in [1.82, 2.24) is 10.2 Å². The SMILES string of the molecule is C[C@@H]1CN(Cc2cc3c(cc2OC(F)F)OCO3)CCN1.